The van der Waals surface area contributed by atoms with Gasteiger partial charge in [-0.3, -0.25) is 0 Å². The minimum absolute atomic E-state index is 0.00788. The van der Waals surface area contributed by atoms with Gasteiger partial charge in [-0.2, -0.15) is 0 Å². The van der Waals surface area contributed by atoms with Crippen LogP contribution < -0.4 is 21.3 Å². The van der Waals surface area contributed by atoms with Crippen molar-refractivity contribution in [1.82, 2.24) is 31.1 Å². The molecule has 22 heavy (non-hydrogen) atoms. The molecule has 126 valence electrons. The van der Waals surface area contributed by atoms with Gasteiger partial charge >= 0.3 is 12.1 Å². The summed E-state index contributed by atoms with van der Waals surface area (Å²) in [4.78, 5) is 27.4. The maximum Gasteiger partial charge on any atom is 0.317 e. The van der Waals surface area contributed by atoms with Gasteiger partial charge in [0.25, 0.3) is 0 Å². The minimum Gasteiger partial charge on any atom is -0.341 e. The molecule has 2 aliphatic rings. The molecule has 0 aromatic rings. The van der Waals surface area contributed by atoms with Crippen molar-refractivity contribution >= 4 is 12.1 Å². The van der Waals surface area contributed by atoms with Crippen molar-refractivity contribution in [2.24, 2.45) is 0 Å². The van der Waals surface area contributed by atoms with Gasteiger partial charge in [-0.15, -0.1) is 0 Å². The zero-order chi connectivity index (χ0) is 15.9. The van der Waals surface area contributed by atoms with Crippen LogP contribution in [0.2, 0.25) is 0 Å². The van der Waals surface area contributed by atoms with Crippen LogP contribution in [-0.2, 0) is 0 Å². The van der Waals surface area contributed by atoms with Gasteiger partial charge in [0.2, 0.25) is 0 Å². The van der Waals surface area contributed by atoms with Gasteiger partial charge < -0.3 is 31.1 Å². The van der Waals surface area contributed by atoms with Crippen molar-refractivity contribution in [3.05, 3.63) is 0 Å². The largest absolute Gasteiger partial charge is 0.341 e. The van der Waals surface area contributed by atoms with Gasteiger partial charge in [0.05, 0.1) is 0 Å². The third kappa shape index (κ3) is 4.74. The Morgan fingerprint density at radius 2 is 1.86 bits per heavy atom. The third-order valence-electron chi connectivity index (χ3n) is 4.13. The zero-order valence-corrected chi connectivity index (χ0v) is 13.5. The topological polar surface area (TPSA) is 88.7 Å². The van der Waals surface area contributed by atoms with Crippen LogP contribution in [0.3, 0.4) is 0 Å². The van der Waals surface area contributed by atoms with E-state index in [0.717, 1.165) is 32.6 Å². The molecule has 4 N–H and O–H groups in total. The van der Waals surface area contributed by atoms with Crippen molar-refractivity contribution in [3.63, 3.8) is 0 Å². The first-order valence-electron chi connectivity index (χ1n) is 8.06. The molecular formula is C14H28N6O2. The number of urea groups is 2. The smallest absolute Gasteiger partial charge is 0.317 e. The van der Waals surface area contributed by atoms with Crippen molar-refractivity contribution < 1.29 is 9.59 Å². The predicted molar refractivity (Wildman–Crippen MR) is 84.9 cm³/mol. The van der Waals surface area contributed by atoms with Crippen molar-refractivity contribution in [2.75, 3.05) is 52.9 Å². The Kier molecular flexibility index (Phi) is 6.26. The minimum atomic E-state index is -0.0387. The second-order valence-corrected chi connectivity index (χ2v) is 5.98. The second kappa shape index (κ2) is 8.19. The summed E-state index contributed by atoms with van der Waals surface area (Å²) in [7, 11) is 1.65. The summed E-state index contributed by atoms with van der Waals surface area (Å²) in [5, 5.41) is 12.4. The molecule has 0 radical (unpaired) electrons. The van der Waals surface area contributed by atoms with E-state index in [1.165, 1.54) is 0 Å². The van der Waals surface area contributed by atoms with Crippen LogP contribution in [0.25, 0.3) is 0 Å². The van der Waals surface area contributed by atoms with Crippen LogP contribution in [0, 0.1) is 0 Å². The number of hydrogen-bond donors (Lipinski definition) is 4. The van der Waals surface area contributed by atoms with Crippen LogP contribution in [0.4, 0.5) is 9.59 Å². The van der Waals surface area contributed by atoms with E-state index in [2.05, 4.69) is 28.2 Å². The predicted octanol–water partition coefficient (Wildman–Crippen LogP) is -1.01. The van der Waals surface area contributed by atoms with Crippen LogP contribution in [-0.4, -0.2) is 86.8 Å². The third-order valence-corrected chi connectivity index (χ3v) is 4.13. The average molecular weight is 312 g/mol. The first-order chi connectivity index (χ1) is 10.6. The number of nitrogens with one attached hydrogen (secondary N) is 4. The lowest BCUT2D eigenvalue weighted by Gasteiger charge is -2.37. The number of carbonyl (C=O) groups is 2. The lowest BCUT2D eigenvalue weighted by molar-refractivity contribution is 0.159. The molecule has 2 rings (SSSR count). The highest BCUT2D eigenvalue weighted by Crippen LogP contribution is 2.07. The number of rotatable bonds is 3. The highest BCUT2D eigenvalue weighted by molar-refractivity contribution is 5.74. The van der Waals surface area contributed by atoms with Crippen molar-refractivity contribution in [1.29, 1.82) is 0 Å². The Morgan fingerprint density at radius 3 is 2.55 bits per heavy atom. The molecule has 0 spiro atoms. The van der Waals surface area contributed by atoms with Crippen molar-refractivity contribution in [2.45, 2.75) is 25.4 Å². The van der Waals surface area contributed by atoms with Gasteiger partial charge in [-0.25, -0.2) is 9.59 Å². The number of amides is 4. The molecule has 2 atom stereocenters. The van der Waals surface area contributed by atoms with Gasteiger partial charge in [0.15, 0.2) is 0 Å². The summed E-state index contributed by atoms with van der Waals surface area (Å²) in [6, 6.07) is 0.445. The molecule has 8 nitrogen and oxygen atoms in total. The molecule has 0 aromatic carbocycles. The highest BCUT2D eigenvalue weighted by Gasteiger charge is 2.26. The van der Waals surface area contributed by atoms with Gasteiger partial charge in [0, 0.05) is 64.9 Å². The van der Waals surface area contributed by atoms with Crippen LogP contribution in [0.5, 0.6) is 0 Å². The molecule has 2 saturated heterocycles. The first-order valence-corrected chi connectivity index (χ1v) is 8.06. The highest BCUT2D eigenvalue weighted by atomic mass is 16.2. The van der Waals surface area contributed by atoms with Crippen LogP contribution in [0.1, 0.15) is 13.3 Å². The molecule has 4 amide bonds. The van der Waals surface area contributed by atoms with E-state index in [9.17, 15) is 9.59 Å². The molecule has 2 unspecified atom stereocenters. The Morgan fingerprint density at radius 1 is 1.14 bits per heavy atom. The monoisotopic (exact) mass is 312 g/mol. The number of nitrogens with zero attached hydrogens (tertiary/aromatic N) is 2. The van der Waals surface area contributed by atoms with Gasteiger partial charge in [-0.1, -0.05) is 0 Å². The lowest BCUT2D eigenvalue weighted by Crippen LogP contribution is -2.59. The fourth-order valence-corrected chi connectivity index (χ4v) is 3.01. The molecule has 0 aromatic heterocycles. The van der Waals surface area contributed by atoms with E-state index in [4.69, 9.17) is 0 Å². The van der Waals surface area contributed by atoms with E-state index in [-0.39, 0.29) is 24.1 Å². The lowest BCUT2D eigenvalue weighted by atomic mass is 10.1. The van der Waals surface area contributed by atoms with Crippen LogP contribution in [0.15, 0.2) is 0 Å². The number of carbonyl (C=O) groups excluding carboxylic acids is 2. The maximum atomic E-state index is 12.0. The Labute approximate surface area is 132 Å². The summed E-state index contributed by atoms with van der Waals surface area (Å²) in [5.74, 6) is 0. The standard InChI is InChI=1S/C14H28N6O2/c1-11-9-20(13(21)15-2)10-12(18-11)3-4-17-14(22)19-7-5-16-6-8-19/h11-12,16,18H,3-10H2,1-2H3,(H,15,21)(H,17,22). The molecule has 8 heteroatoms. The summed E-state index contributed by atoms with van der Waals surface area (Å²) in [5.41, 5.74) is 0. The Balaban J connectivity index is 1.71. The molecular weight excluding hydrogens is 284 g/mol. The molecule has 0 aliphatic carbocycles. The van der Waals surface area contributed by atoms with E-state index in [1.807, 2.05) is 9.80 Å². The number of piperazine rings is 2. The number of hydrogen-bond acceptors (Lipinski definition) is 4. The second-order valence-electron chi connectivity index (χ2n) is 5.98. The maximum absolute atomic E-state index is 12.0. The quantitative estimate of drug-likeness (QED) is 0.538. The molecule has 0 bridgehead atoms. The molecule has 2 heterocycles. The van der Waals surface area contributed by atoms with Gasteiger partial charge in [-0.05, 0) is 13.3 Å². The average Bonchev–Trinajstić information content (AvgIpc) is 2.54. The summed E-state index contributed by atoms with van der Waals surface area (Å²) >= 11 is 0. The van der Waals surface area contributed by atoms with Crippen molar-refractivity contribution in [3.8, 4) is 0 Å². The van der Waals surface area contributed by atoms with E-state index >= 15 is 0 Å². The van der Waals surface area contributed by atoms with E-state index in [1.54, 1.807) is 7.05 Å². The molecule has 2 fully saturated rings. The fourth-order valence-electron chi connectivity index (χ4n) is 3.01. The molecule has 0 saturated carbocycles. The normalized spacial score (nSPS) is 25.7. The zero-order valence-electron chi connectivity index (χ0n) is 13.5. The summed E-state index contributed by atoms with van der Waals surface area (Å²) in [6.45, 7) is 7.31. The van der Waals surface area contributed by atoms with E-state index in [0.29, 0.717) is 19.6 Å². The summed E-state index contributed by atoms with van der Waals surface area (Å²) in [6.07, 6.45) is 0.815. The molecule has 2 aliphatic heterocycles. The SMILES string of the molecule is CNC(=O)N1CC(C)NC(CCNC(=O)N2CCNCC2)C1. The first kappa shape index (κ1) is 16.8. The summed E-state index contributed by atoms with van der Waals surface area (Å²) < 4.78 is 0. The Hall–Kier alpha value is -1.54. The van der Waals surface area contributed by atoms with Gasteiger partial charge in [0.1, 0.15) is 0 Å². The fraction of sp³-hybridized carbons (Fsp3) is 0.857. The van der Waals surface area contributed by atoms with Crippen LogP contribution >= 0.6 is 0 Å². The Bertz CT molecular complexity index is 386. The van der Waals surface area contributed by atoms with E-state index < -0.39 is 0 Å².